The number of phenols is 1. The molecule has 10 heteroatoms. The van der Waals surface area contributed by atoms with Gasteiger partial charge in [0.2, 0.25) is 17.7 Å². The molecular formula is C18H24N4O6. The van der Waals surface area contributed by atoms with Crippen molar-refractivity contribution in [3.05, 3.63) is 29.8 Å². The fraction of sp³-hybridized carbons (Fsp3) is 0.444. The van der Waals surface area contributed by atoms with Crippen LogP contribution in [0.4, 0.5) is 0 Å². The van der Waals surface area contributed by atoms with Crippen molar-refractivity contribution >= 4 is 23.7 Å². The van der Waals surface area contributed by atoms with E-state index < -0.39 is 41.8 Å². The van der Waals surface area contributed by atoms with Gasteiger partial charge >= 0.3 is 5.97 Å². The molecule has 0 saturated carbocycles. The van der Waals surface area contributed by atoms with Crippen molar-refractivity contribution in [1.82, 2.24) is 10.2 Å². The van der Waals surface area contributed by atoms with Crippen molar-refractivity contribution in [3.8, 4) is 5.75 Å². The molecule has 1 saturated heterocycles. The molecule has 0 unspecified atom stereocenters. The number of likely N-dealkylation sites (tertiary alicyclic amines) is 1. The first-order valence-electron chi connectivity index (χ1n) is 8.84. The molecule has 1 aromatic carbocycles. The minimum atomic E-state index is -1.22. The van der Waals surface area contributed by atoms with Gasteiger partial charge in [-0.3, -0.25) is 14.4 Å². The molecule has 28 heavy (non-hydrogen) atoms. The number of amides is 3. The quantitative estimate of drug-likeness (QED) is 0.365. The first-order valence-corrected chi connectivity index (χ1v) is 8.84. The van der Waals surface area contributed by atoms with Gasteiger partial charge in [-0.1, -0.05) is 12.1 Å². The smallest absolute Gasteiger partial charge is 0.326 e. The highest BCUT2D eigenvalue weighted by molar-refractivity contribution is 5.93. The summed E-state index contributed by atoms with van der Waals surface area (Å²) in [6.07, 6.45) is 0.566. The lowest BCUT2D eigenvalue weighted by Crippen LogP contribution is -2.55. The van der Waals surface area contributed by atoms with Crippen LogP contribution in [0.3, 0.4) is 0 Å². The molecule has 10 nitrogen and oxygen atoms in total. The molecule has 0 bridgehead atoms. The first-order chi connectivity index (χ1) is 13.2. The predicted octanol–water partition coefficient (Wildman–Crippen LogP) is -1.30. The highest BCUT2D eigenvalue weighted by Crippen LogP contribution is 2.20. The normalized spacial score (nSPS) is 18.3. The Bertz CT molecular complexity index is 751. The monoisotopic (exact) mass is 392 g/mol. The van der Waals surface area contributed by atoms with Crippen molar-refractivity contribution in [2.75, 3.05) is 6.54 Å². The molecule has 3 amide bonds. The Hall–Kier alpha value is -3.14. The highest BCUT2D eigenvalue weighted by atomic mass is 16.4. The third-order valence-corrected chi connectivity index (χ3v) is 4.57. The second kappa shape index (κ2) is 9.18. The van der Waals surface area contributed by atoms with E-state index in [9.17, 15) is 29.4 Å². The molecule has 7 N–H and O–H groups in total. The number of carboxylic acid groups (broad SMARTS) is 1. The van der Waals surface area contributed by atoms with Crippen LogP contribution in [0.15, 0.2) is 24.3 Å². The molecule has 2 rings (SSSR count). The van der Waals surface area contributed by atoms with E-state index in [2.05, 4.69) is 5.32 Å². The summed E-state index contributed by atoms with van der Waals surface area (Å²) in [5.41, 5.74) is 11.3. The molecule has 3 atom stereocenters. The third kappa shape index (κ3) is 5.43. The number of rotatable bonds is 8. The largest absolute Gasteiger partial charge is 0.508 e. The summed E-state index contributed by atoms with van der Waals surface area (Å²) in [7, 11) is 0. The molecule has 0 aromatic heterocycles. The number of carbonyl (C=O) groups excluding carboxylic acids is 3. The van der Waals surface area contributed by atoms with E-state index in [4.69, 9.17) is 11.5 Å². The van der Waals surface area contributed by atoms with Gasteiger partial charge in [0.05, 0.1) is 12.5 Å². The summed E-state index contributed by atoms with van der Waals surface area (Å²) in [5.74, 6) is -3.09. The number of aliphatic carboxylic acids is 1. The molecule has 1 heterocycles. The molecule has 0 radical (unpaired) electrons. The molecular weight excluding hydrogens is 368 g/mol. The van der Waals surface area contributed by atoms with Crippen LogP contribution in [0.2, 0.25) is 0 Å². The number of hydrogen-bond acceptors (Lipinski definition) is 6. The first kappa shape index (κ1) is 21.2. The minimum Gasteiger partial charge on any atom is -0.508 e. The molecule has 1 aromatic rings. The second-order valence-corrected chi connectivity index (χ2v) is 6.74. The Balaban J connectivity index is 2.20. The van der Waals surface area contributed by atoms with E-state index in [0.717, 1.165) is 0 Å². The average molecular weight is 392 g/mol. The number of carboxylic acids is 1. The van der Waals surface area contributed by atoms with E-state index in [1.807, 2.05) is 0 Å². The van der Waals surface area contributed by atoms with Crippen molar-refractivity contribution in [2.45, 2.75) is 43.8 Å². The van der Waals surface area contributed by atoms with Gasteiger partial charge in [0.25, 0.3) is 0 Å². The molecule has 0 spiro atoms. The van der Waals surface area contributed by atoms with Crippen LogP contribution >= 0.6 is 0 Å². The molecule has 1 aliphatic rings. The number of nitrogens with zero attached hydrogens (tertiary/aromatic N) is 1. The molecule has 1 fully saturated rings. The van der Waals surface area contributed by atoms with Crippen molar-refractivity contribution in [3.63, 3.8) is 0 Å². The summed E-state index contributed by atoms with van der Waals surface area (Å²) < 4.78 is 0. The highest BCUT2D eigenvalue weighted by Gasteiger charge is 2.38. The van der Waals surface area contributed by atoms with Gasteiger partial charge < -0.3 is 31.9 Å². The lowest BCUT2D eigenvalue weighted by molar-refractivity contribution is -0.149. The lowest BCUT2D eigenvalue weighted by atomic mass is 10.0. The zero-order valence-corrected chi connectivity index (χ0v) is 15.2. The van der Waals surface area contributed by atoms with Gasteiger partial charge in [-0.15, -0.1) is 0 Å². The van der Waals surface area contributed by atoms with Gasteiger partial charge in [0, 0.05) is 13.0 Å². The van der Waals surface area contributed by atoms with Gasteiger partial charge in [-0.25, -0.2) is 4.79 Å². The average Bonchev–Trinajstić information content (AvgIpc) is 3.11. The second-order valence-electron chi connectivity index (χ2n) is 6.74. The van der Waals surface area contributed by atoms with Crippen molar-refractivity contribution in [1.29, 1.82) is 0 Å². The fourth-order valence-electron chi connectivity index (χ4n) is 3.14. The van der Waals surface area contributed by atoms with Gasteiger partial charge in [0.15, 0.2) is 0 Å². The number of hydrogen-bond donors (Lipinski definition) is 5. The van der Waals surface area contributed by atoms with Crippen LogP contribution in [0.5, 0.6) is 5.75 Å². The Kier molecular flexibility index (Phi) is 6.94. The number of phenolic OH excluding ortho intramolecular Hbond substituents is 1. The van der Waals surface area contributed by atoms with Crippen LogP contribution < -0.4 is 16.8 Å². The Morgan fingerprint density at radius 3 is 2.43 bits per heavy atom. The fourth-order valence-corrected chi connectivity index (χ4v) is 3.14. The maximum absolute atomic E-state index is 13.0. The van der Waals surface area contributed by atoms with Crippen molar-refractivity contribution < 1.29 is 29.4 Å². The Morgan fingerprint density at radius 1 is 1.21 bits per heavy atom. The predicted molar refractivity (Wildman–Crippen MR) is 97.9 cm³/mol. The number of benzene rings is 1. The zero-order valence-electron chi connectivity index (χ0n) is 15.2. The maximum atomic E-state index is 13.0. The van der Waals surface area contributed by atoms with Crippen LogP contribution in [-0.2, 0) is 25.6 Å². The lowest BCUT2D eigenvalue weighted by Gasteiger charge is -2.28. The summed E-state index contributed by atoms with van der Waals surface area (Å²) >= 11 is 0. The van der Waals surface area contributed by atoms with E-state index in [1.165, 1.54) is 17.0 Å². The zero-order chi connectivity index (χ0) is 20.8. The summed E-state index contributed by atoms with van der Waals surface area (Å²) in [6, 6.07) is 2.80. The van der Waals surface area contributed by atoms with Crippen LogP contribution in [-0.4, -0.2) is 63.5 Å². The van der Waals surface area contributed by atoms with Crippen LogP contribution in [0.25, 0.3) is 0 Å². The number of primary amides is 1. The van der Waals surface area contributed by atoms with E-state index in [-0.39, 0.29) is 25.1 Å². The summed E-state index contributed by atoms with van der Waals surface area (Å²) in [5, 5.41) is 21.2. The van der Waals surface area contributed by atoms with E-state index >= 15 is 0 Å². The Morgan fingerprint density at radius 2 is 1.86 bits per heavy atom. The molecule has 152 valence electrons. The van der Waals surface area contributed by atoms with Crippen molar-refractivity contribution in [2.24, 2.45) is 11.5 Å². The summed E-state index contributed by atoms with van der Waals surface area (Å²) in [4.78, 5) is 48.9. The SMILES string of the molecule is NC(=O)C[C@H](N)C(=O)N[C@@H](Cc1ccc(O)cc1)C(=O)N1CCC[C@H]1C(=O)O. The van der Waals surface area contributed by atoms with Crippen LogP contribution in [0.1, 0.15) is 24.8 Å². The van der Waals surface area contributed by atoms with Gasteiger partial charge in [-0.05, 0) is 30.5 Å². The molecule has 0 aliphatic carbocycles. The van der Waals surface area contributed by atoms with Gasteiger partial charge in [0.1, 0.15) is 17.8 Å². The Labute approximate surface area is 161 Å². The minimum absolute atomic E-state index is 0.0460. The molecule has 1 aliphatic heterocycles. The summed E-state index contributed by atoms with van der Waals surface area (Å²) in [6.45, 7) is 0.269. The standard InChI is InChI=1S/C18H24N4O6/c19-12(9-15(20)24)16(25)21-13(8-10-3-5-11(23)6-4-10)17(26)22-7-1-2-14(22)18(27)28/h3-6,12-14,23H,1-2,7-9,19H2,(H2,20,24)(H,21,25)(H,27,28)/t12-,13-,14-/m0/s1. The number of carbonyl (C=O) groups is 4. The number of nitrogens with one attached hydrogen (secondary N) is 1. The van der Waals surface area contributed by atoms with Gasteiger partial charge in [-0.2, -0.15) is 0 Å². The van der Waals surface area contributed by atoms with E-state index in [1.54, 1.807) is 12.1 Å². The third-order valence-electron chi connectivity index (χ3n) is 4.57. The number of nitrogens with two attached hydrogens (primary N) is 2. The topological polar surface area (TPSA) is 176 Å². The maximum Gasteiger partial charge on any atom is 0.326 e. The van der Waals surface area contributed by atoms with Crippen LogP contribution in [0, 0.1) is 0 Å². The number of aromatic hydroxyl groups is 1. The van der Waals surface area contributed by atoms with E-state index in [0.29, 0.717) is 18.4 Å².